The maximum Gasteiger partial charge on any atom is 0.492 e. The van der Waals surface area contributed by atoms with Crippen molar-refractivity contribution in [1.29, 1.82) is 0 Å². The molecule has 9 heteroatoms. The zero-order valence-corrected chi connectivity index (χ0v) is 9.70. The Morgan fingerprint density at radius 2 is 1.89 bits per heavy atom. The van der Waals surface area contributed by atoms with E-state index in [0.717, 1.165) is 4.90 Å². The zero-order valence-electron chi connectivity index (χ0n) is 9.70. The molecule has 0 spiro atoms. The normalized spacial score (nSPS) is 25.0. The van der Waals surface area contributed by atoms with Crippen molar-refractivity contribution in [2.45, 2.75) is 24.8 Å². The molecule has 1 saturated heterocycles. The van der Waals surface area contributed by atoms with Gasteiger partial charge in [0.1, 0.15) is 12.2 Å². The van der Waals surface area contributed by atoms with Crippen molar-refractivity contribution in [1.82, 2.24) is 9.96 Å². The summed E-state index contributed by atoms with van der Waals surface area (Å²) in [6.45, 7) is -0.550. The summed E-state index contributed by atoms with van der Waals surface area (Å²) in [5, 5.41) is 0.447. The third kappa shape index (κ3) is 3.31. The fourth-order valence-electron chi connectivity index (χ4n) is 1.54. The lowest BCUT2D eigenvalue weighted by Crippen LogP contribution is -2.45. The molecule has 0 bridgehead atoms. The van der Waals surface area contributed by atoms with Crippen LogP contribution in [0.4, 0.5) is 17.6 Å². The van der Waals surface area contributed by atoms with Crippen molar-refractivity contribution in [2.75, 3.05) is 20.6 Å². The summed E-state index contributed by atoms with van der Waals surface area (Å²) in [5.74, 6) is -3.08. The van der Waals surface area contributed by atoms with E-state index in [2.05, 4.69) is 4.84 Å². The quantitative estimate of drug-likeness (QED) is 0.687. The van der Waals surface area contributed by atoms with Gasteiger partial charge in [0.25, 0.3) is 0 Å². The molecule has 1 unspecified atom stereocenters. The monoisotopic (exact) mass is 272 g/mol. The van der Waals surface area contributed by atoms with E-state index in [4.69, 9.17) is 0 Å². The van der Waals surface area contributed by atoms with Crippen molar-refractivity contribution >= 4 is 11.9 Å². The number of nitrogens with zero attached hydrogens (tertiary/aromatic N) is 2. The van der Waals surface area contributed by atoms with Crippen LogP contribution in [0.2, 0.25) is 0 Å². The molecule has 1 fully saturated rings. The molecule has 1 rings (SSSR count). The minimum Gasteiger partial charge on any atom is -0.360 e. The molecule has 1 aliphatic heterocycles. The predicted molar refractivity (Wildman–Crippen MR) is 50.8 cm³/mol. The lowest BCUT2D eigenvalue weighted by molar-refractivity contribution is -0.241. The first kappa shape index (κ1) is 14.7. The number of carbonyl (C=O) groups excluding carboxylic acids is 2. The highest BCUT2D eigenvalue weighted by atomic mass is 19.4. The number of carbonyl (C=O) groups is 2. The average molecular weight is 272 g/mol. The van der Waals surface area contributed by atoms with Crippen molar-refractivity contribution < 1.29 is 32.0 Å². The average Bonchev–Trinajstić information content (AvgIpc) is 2.56. The van der Waals surface area contributed by atoms with Gasteiger partial charge in [0.15, 0.2) is 0 Å². The Kier molecular flexibility index (Phi) is 4.15. The van der Waals surface area contributed by atoms with E-state index in [1.165, 1.54) is 14.1 Å². The molecule has 0 N–H and O–H groups in total. The van der Waals surface area contributed by atoms with Crippen molar-refractivity contribution in [3.05, 3.63) is 0 Å². The van der Waals surface area contributed by atoms with Gasteiger partial charge in [-0.3, -0.25) is 4.79 Å². The highest BCUT2D eigenvalue weighted by molar-refractivity contribution is 5.82. The Balaban J connectivity index is 2.74. The van der Waals surface area contributed by atoms with Crippen LogP contribution < -0.4 is 0 Å². The van der Waals surface area contributed by atoms with Gasteiger partial charge in [0, 0.05) is 20.5 Å². The van der Waals surface area contributed by atoms with Gasteiger partial charge in [-0.25, -0.2) is 9.18 Å². The number of amides is 1. The van der Waals surface area contributed by atoms with Gasteiger partial charge in [-0.2, -0.15) is 13.2 Å². The van der Waals surface area contributed by atoms with Gasteiger partial charge in [0.05, 0.1) is 6.54 Å². The van der Waals surface area contributed by atoms with E-state index in [9.17, 15) is 27.2 Å². The second-order valence-corrected chi connectivity index (χ2v) is 4.06. The van der Waals surface area contributed by atoms with Gasteiger partial charge in [-0.15, -0.1) is 5.06 Å². The number of halogens is 4. The number of rotatable bonds is 2. The van der Waals surface area contributed by atoms with Crippen LogP contribution in [-0.2, 0) is 14.4 Å². The van der Waals surface area contributed by atoms with Crippen LogP contribution in [0.1, 0.15) is 6.42 Å². The topological polar surface area (TPSA) is 49.9 Å². The predicted octanol–water partition coefficient (Wildman–Crippen LogP) is 0.507. The van der Waals surface area contributed by atoms with E-state index < -0.39 is 36.8 Å². The molecular weight excluding hydrogens is 260 g/mol. The number of hydrogen-bond acceptors (Lipinski definition) is 4. The Morgan fingerprint density at radius 3 is 2.33 bits per heavy atom. The van der Waals surface area contributed by atoms with Gasteiger partial charge in [-0.1, -0.05) is 0 Å². The zero-order chi connectivity index (χ0) is 14.1. The summed E-state index contributed by atoms with van der Waals surface area (Å²) >= 11 is 0. The third-order valence-electron chi connectivity index (χ3n) is 2.36. The summed E-state index contributed by atoms with van der Waals surface area (Å²) in [5.41, 5.74) is 0. The molecule has 0 radical (unpaired) electrons. The van der Waals surface area contributed by atoms with E-state index in [1.54, 1.807) is 0 Å². The maximum atomic E-state index is 13.1. The van der Waals surface area contributed by atoms with E-state index >= 15 is 0 Å². The van der Waals surface area contributed by atoms with Crippen molar-refractivity contribution in [3.8, 4) is 0 Å². The molecule has 1 amide bonds. The summed E-state index contributed by atoms with van der Waals surface area (Å²) < 4.78 is 49.1. The summed E-state index contributed by atoms with van der Waals surface area (Å²) in [6, 6.07) is -1.22. The minimum absolute atomic E-state index is 0.303. The van der Waals surface area contributed by atoms with Crippen LogP contribution in [0.25, 0.3) is 0 Å². The van der Waals surface area contributed by atoms with Crippen LogP contribution in [0, 0.1) is 0 Å². The second kappa shape index (κ2) is 5.09. The molecule has 0 aromatic rings. The molecule has 18 heavy (non-hydrogen) atoms. The number of hydroxylamine groups is 2. The summed E-state index contributed by atoms with van der Waals surface area (Å²) in [7, 11) is 2.75. The Morgan fingerprint density at radius 1 is 1.33 bits per heavy atom. The van der Waals surface area contributed by atoms with Crippen molar-refractivity contribution in [3.63, 3.8) is 0 Å². The van der Waals surface area contributed by atoms with Crippen LogP contribution in [0.15, 0.2) is 0 Å². The lowest BCUT2D eigenvalue weighted by atomic mass is 10.2. The molecular formula is C9H12F4N2O3. The maximum absolute atomic E-state index is 13.1. The first-order valence-electron chi connectivity index (χ1n) is 5.04. The molecule has 0 aliphatic carbocycles. The molecule has 1 heterocycles. The molecule has 0 aromatic carbocycles. The largest absolute Gasteiger partial charge is 0.492 e. The standard InChI is InChI=1S/C9H12F4N2O3/c1-14(2)7(16)6-3-5(10)4-15(6)18-8(17)9(11,12)13/h5-6H,3-4H2,1-2H3/t5?,6-/m0/s1. The number of hydrogen-bond donors (Lipinski definition) is 0. The Hall–Kier alpha value is -1.38. The van der Waals surface area contributed by atoms with E-state index in [1.807, 2.05) is 0 Å². The molecule has 2 atom stereocenters. The fraction of sp³-hybridized carbons (Fsp3) is 0.778. The highest BCUT2D eigenvalue weighted by Crippen LogP contribution is 2.25. The van der Waals surface area contributed by atoms with E-state index in [0.29, 0.717) is 5.06 Å². The second-order valence-electron chi connectivity index (χ2n) is 4.06. The van der Waals surface area contributed by atoms with Crippen molar-refractivity contribution in [2.24, 2.45) is 0 Å². The summed E-state index contributed by atoms with van der Waals surface area (Å²) in [4.78, 5) is 27.3. The van der Waals surface area contributed by atoms with Gasteiger partial charge < -0.3 is 9.74 Å². The van der Waals surface area contributed by atoms with Crippen LogP contribution in [-0.4, -0.2) is 60.9 Å². The van der Waals surface area contributed by atoms with Gasteiger partial charge in [0.2, 0.25) is 5.91 Å². The summed E-state index contributed by atoms with van der Waals surface area (Å²) in [6.07, 6.45) is -7.00. The van der Waals surface area contributed by atoms with Gasteiger partial charge in [-0.05, 0) is 0 Å². The Bertz CT molecular complexity index is 345. The number of alkyl halides is 4. The molecule has 104 valence electrons. The first-order valence-corrected chi connectivity index (χ1v) is 5.04. The van der Waals surface area contributed by atoms with E-state index in [-0.39, 0.29) is 6.42 Å². The third-order valence-corrected chi connectivity index (χ3v) is 2.36. The minimum atomic E-state index is -5.18. The van der Waals surface area contributed by atoms with Gasteiger partial charge >= 0.3 is 12.1 Å². The van der Waals surface area contributed by atoms with Crippen LogP contribution >= 0.6 is 0 Å². The van der Waals surface area contributed by atoms with Crippen LogP contribution in [0.3, 0.4) is 0 Å². The molecule has 0 saturated carbocycles. The Labute approximate surface area is 100 Å². The number of likely N-dealkylation sites (N-methyl/N-ethyl adjacent to an activating group) is 1. The molecule has 1 aliphatic rings. The smallest absolute Gasteiger partial charge is 0.360 e. The molecule has 0 aromatic heterocycles. The highest BCUT2D eigenvalue weighted by Gasteiger charge is 2.47. The molecule has 5 nitrogen and oxygen atoms in total. The fourth-order valence-corrected chi connectivity index (χ4v) is 1.54. The SMILES string of the molecule is CN(C)C(=O)[C@@H]1CC(F)CN1OC(=O)C(F)(F)F. The first-order chi connectivity index (χ1) is 8.12. The lowest BCUT2D eigenvalue weighted by Gasteiger charge is -2.24. The van der Waals surface area contributed by atoms with Crippen LogP contribution in [0.5, 0.6) is 0 Å².